The fraction of sp³-hybridized carbons (Fsp3) is 0.400. The molecule has 1 aromatic carbocycles. The standard InChI is InChI=1S/C15H20FN3O/c1-3-17-12(2)14-6-5-13(16)11-15(14)20-10-9-19-8-4-7-18-19/h4-8,11-12,17H,3,9-10H2,1-2H3. The maximum absolute atomic E-state index is 13.4. The largest absolute Gasteiger partial charge is 0.491 e. The fourth-order valence-corrected chi connectivity index (χ4v) is 2.09. The Morgan fingerprint density at radius 1 is 1.45 bits per heavy atom. The van der Waals surface area contributed by atoms with Crippen molar-refractivity contribution in [3.05, 3.63) is 48.0 Å². The number of nitrogens with one attached hydrogen (secondary N) is 1. The first-order valence-electron chi connectivity index (χ1n) is 6.83. The zero-order valence-electron chi connectivity index (χ0n) is 11.8. The molecule has 108 valence electrons. The smallest absolute Gasteiger partial charge is 0.127 e. The number of hydrogen-bond acceptors (Lipinski definition) is 3. The van der Waals surface area contributed by atoms with Gasteiger partial charge >= 0.3 is 0 Å². The first-order valence-corrected chi connectivity index (χ1v) is 6.83. The van der Waals surface area contributed by atoms with Crippen LogP contribution in [0.25, 0.3) is 0 Å². The average Bonchev–Trinajstić information content (AvgIpc) is 2.92. The van der Waals surface area contributed by atoms with Gasteiger partial charge in [-0.15, -0.1) is 0 Å². The van der Waals surface area contributed by atoms with Crippen LogP contribution in [0, 0.1) is 5.82 Å². The number of benzene rings is 1. The number of aromatic nitrogens is 2. The van der Waals surface area contributed by atoms with Gasteiger partial charge in [0, 0.05) is 30.1 Å². The second-order valence-electron chi connectivity index (χ2n) is 4.58. The van der Waals surface area contributed by atoms with Crippen molar-refractivity contribution in [3.8, 4) is 5.75 Å². The van der Waals surface area contributed by atoms with Crippen LogP contribution in [0.1, 0.15) is 25.5 Å². The minimum atomic E-state index is -0.286. The molecule has 0 amide bonds. The molecule has 1 unspecified atom stereocenters. The molecule has 0 fully saturated rings. The number of halogens is 1. The van der Waals surface area contributed by atoms with Crippen LogP contribution in [0.2, 0.25) is 0 Å². The third kappa shape index (κ3) is 3.81. The van der Waals surface area contributed by atoms with E-state index in [1.54, 1.807) is 16.9 Å². The molecule has 1 heterocycles. The summed E-state index contributed by atoms with van der Waals surface area (Å²) < 4.78 is 20.9. The minimum Gasteiger partial charge on any atom is -0.491 e. The van der Waals surface area contributed by atoms with E-state index in [-0.39, 0.29) is 11.9 Å². The van der Waals surface area contributed by atoms with E-state index in [1.807, 2.05) is 26.1 Å². The number of rotatable bonds is 7. The fourth-order valence-electron chi connectivity index (χ4n) is 2.09. The third-order valence-electron chi connectivity index (χ3n) is 3.09. The monoisotopic (exact) mass is 277 g/mol. The Morgan fingerprint density at radius 2 is 2.30 bits per heavy atom. The van der Waals surface area contributed by atoms with Crippen molar-refractivity contribution in [1.82, 2.24) is 15.1 Å². The van der Waals surface area contributed by atoms with Crippen LogP contribution in [0.4, 0.5) is 4.39 Å². The topological polar surface area (TPSA) is 39.1 Å². The van der Waals surface area contributed by atoms with Gasteiger partial charge in [0.05, 0.1) is 6.54 Å². The average molecular weight is 277 g/mol. The SMILES string of the molecule is CCNC(C)c1ccc(F)cc1OCCn1cccn1. The van der Waals surface area contributed by atoms with Crippen molar-refractivity contribution in [1.29, 1.82) is 0 Å². The first kappa shape index (κ1) is 14.5. The van der Waals surface area contributed by atoms with E-state index in [9.17, 15) is 4.39 Å². The van der Waals surface area contributed by atoms with Gasteiger partial charge in [0.1, 0.15) is 18.2 Å². The molecule has 5 heteroatoms. The van der Waals surface area contributed by atoms with E-state index >= 15 is 0 Å². The summed E-state index contributed by atoms with van der Waals surface area (Å²) >= 11 is 0. The van der Waals surface area contributed by atoms with Crippen LogP contribution in [0.5, 0.6) is 5.75 Å². The van der Waals surface area contributed by atoms with Gasteiger partial charge in [0.2, 0.25) is 0 Å². The molecule has 0 saturated heterocycles. The van der Waals surface area contributed by atoms with E-state index < -0.39 is 0 Å². The van der Waals surface area contributed by atoms with Crippen LogP contribution in [0.3, 0.4) is 0 Å². The van der Waals surface area contributed by atoms with Gasteiger partial charge in [-0.25, -0.2) is 4.39 Å². The summed E-state index contributed by atoms with van der Waals surface area (Å²) in [6.07, 6.45) is 3.60. The van der Waals surface area contributed by atoms with Gasteiger partial charge in [-0.05, 0) is 25.6 Å². The third-order valence-corrected chi connectivity index (χ3v) is 3.09. The Morgan fingerprint density at radius 3 is 3.00 bits per heavy atom. The Labute approximate surface area is 118 Å². The molecule has 0 radical (unpaired) electrons. The normalized spacial score (nSPS) is 12.3. The van der Waals surface area contributed by atoms with Gasteiger partial charge < -0.3 is 10.1 Å². The molecular weight excluding hydrogens is 257 g/mol. The van der Waals surface area contributed by atoms with E-state index in [0.717, 1.165) is 12.1 Å². The lowest BCUT2D eigenvalue weighted by Crippen LogP contribution is -2.19. The van der Waals surface area contributed by atoms with Crippen molar-refractivity contribution in [3.63, 3.8) is 0 Å². The highest BCUT2D eigenvalue weighted by atomic mass is 19.1. The van der Waals surface area contributed by atoms with Crippen molar-refractivity contribution < 1.29 is 9.13 Å². The van der Waals surface area contributed by atoms with E-state index in [2.05, 4.69) is 10.4 Å². The number of nitrogens with zero attached hydrogens (tertiary/aromatic N) is 2. The molecule has 1 atom stereocenters. The zero-order chi connectivity index (χ0) is 14.4. The molecule has 0 saturated carbocycles. The second kappa shape index (κ2) is 7.05. The molecule has 2 rings (SSSR count). The molecule has 0 bridgehead atoms. The van der Waals surface area contributed by atoms with Crippen molar-refractivity contribution in [2.75, 3.05) is 13.2 Å². The highest BCUT2D eigenvalue weighted by molar-refractivity contribution is 5.36. The van der Waals surface area contributed by atoms with Gasteiger partial charge in [-0.1, -0.05) is 13.0 Å². The van der Waals surface area contributed by atoms with Gasteiger partial charge in [-0.2, -0.15) is 5.10 Å². The molecule has 0 aliphatic carbocycles. The van der Waals surface area contributed by atoms with Crippen molar-refractivity contribution >= 4 is 0 Å². The van der Waals surface area contributed by atoms with Crippen LogP contribution in [-0.4, -0.2) is 22.9 Å². The van der Waals surface area contributed by atoms with E-state index in [4.69, 9.17) is 4.74 Å². The van der Waals surface area contributed by atoms with Crippen molar-refractivity contribution in [2.24, 2.45) is 0 Å². The molecule has 1 N–H and O–H groups in total. The van der Waals surface area contributed by atoms with Crippen molar-refractivity contribution in [2.45, 2.75) is 26.4 Å². The van der Waals surface area contributed by atoms with E-state index in [0.29, 0.717) is 18.9 Å². The lowest BCUT2D eigenvalue weighted by molar-refractivity contribution is 0.285. The Hall–Kier alpha value is -1.88. The number of ether oxygens (including phenoxy) is 1. The molecule has 0 spiro atoms. The summed E-state index contributed by atoms with van der Waals surface area (Å²) in [6, 6.07) is 6.66. The summed E-state index contributed by atoms with van der Waals surface area (Å²) in [6.45, 7) is 6.02. The molecule has 0 aliphatic rings. The van der Waals surface area contributed by atoms with Crippen LogP contribution in [0.15, 0.2) is 36.7 Å². The number of hydrogen-bond donors (Lipinski definition) is 1. The Balaban J connectivity index is 2.03. The molecule has 0 aliphatic heterocycles. The van der Waals surface area contributed by atoms with Crippen LogP contribution >= 0.6 is 0 Å². The maximum atomic E-state index is 13.4. The van der Waals surface area contributed by atoms with Gasteiger partial charge in [-0.3, -0.25) is 4.68 Å². The van der Waals surface area contributed by atoms with Gasteiger partial charge in [0.15, 0.2) is 0 Å². The molecule has 1 aromatic heterocycles. The molecular formula is C15H20FN3O. The molecule has 2 aromatic rings. The van der Waals surface area contributed by atoms with E-state index in [1.165, 1.54) is 12.1 Å². The second-order valence-corrected chi connectivity index (χ2v) is 4.58. The minimum absolute atomic E-state index is 0.125. The van der Waals surface area contributed by atoms with Crippen LogP contribution in [-0.2, 0) is 6.54 Å². The van der Waals surface area contributed by atoms with Crippen LogP contribution < -0.4 is 10.1 Å². The summed E-state index contributed by atoms with van der Waals surface area (Å²) in [5, 5.41) is 7.41. The zero-order valence-corrected chi connectivity index (χ0v) is 11.8. The summed E-state index contributed by atoms with van der Waals surface area (Å²) in [5.74, 6) is 0.303. The predicted octanol–water partition coefficient (Wildman–Crippen LogP) is 2.77. The summed E-state index contributed by atoms with van der Waals surface area (Å²) in [4.78, 5) is 0. The lowest BCUT2D eigenvalue weighted by atomic mass is 10.1. The summed E-state index contributed by atoms with van der Waals surface area (Å²) in [7, 11) is 0. The van der Waals surface area contributed by atoms with Gasteiger partial charge in [0.25, 0.3) is 0 Å². The quantitative estimate of drug-likeness (QED) is 0.846. The summed E-state index contributed by atoms with van der Waals surface area (Å²) in [5.41, 5.74) is 0.966. The maximum Gasteiger partial charge on any atom is 0.127 e. The highest BCUT2D eigenvalue weighted by Crippen LogP contribution is 2.26. The highest BCUT2D eigenvalue weighted by Gasteiger charge is 2.12. The lowest BCUT2D eigenvalue weighted by Gasteiger charge is -2.17. The Kier molecular flexibility index (Phi) is 5.12. The first-order chi connectivity index (χ1) is 9.70. The molecule has 4 nitrogen and oxygen atoms in total. The Bertz CT molecular complexity index is 528. The predicted molar refractivity (Wildman–Crippen MR) is 76.2 cm³/mol. The molecule has 20 heavy (non-hydrogen) atoms.